The smallest absolute Gasteiger partial charge is 0.0731 e. The maximum atomic E-state index is 4.26. The first-order valence-corrected chi connectivity index (χ1v) is 6.53. The highest BCUT2D eigenvalue weighted by Gasteiger charge is 2.10. The molecule has 0 fully saturated rings. The van der Waals surface area contributed by atoms with Crippen molar-refractivity contribution in [3.05, 3.63) is 34.8 Å². The lowest BCUT2D eigenvalue weighted by molar-refractivity contribution is 0.659. The molecule has 1 atom stereocenters. The summed E-state index contributed by atoms with van der Waals surface area (Å²) in [5.74, 6) is 0. The van der Waals surface area contributed by atoms with Crippen LogP contribution >= 0.6 is 11.3 Å². The first kappa shape index (κ1) is 11.2. The highest BCUT2D eigenvalue weighted by molar-refractivity contribution is 7.10. The van der Waals surface area contributed by atoms with Crippen LogP contribution in [-0.2, 0) is 6.54 Å². The Labute approximate surface area is 100 Å². The average molecular weight is 235 g/mol. The van der Waals surface area contributed by atoms with Gasteiger partial charge in [0.1, 0.15) is 0 Å². The third kappa shape index (κ3) is 2.44. The summed E-state index contributed by atoms with van der Waals surface area (Å²) in [6, 6.07) is 4.67. The molecule has 2 heterocycles. The van der Waals surface area contributed by atoms with Gasteiger partial charge in [-0.25, -0.2) is 0 Å². The summed E-state index contributed by atoms with van der Waals surface area (Å²) in [7, 11) is 0. The lowest BCUT2D eigenvalue weighted by atomic mass is 10.2. The van der Waals surface area contributed by atoms with Crippen molar-refractivity contribution in [1.82, 2.24) is 9.78 Å². The van der Waals surface area contributed by atoms with Gasteiger partial charge in [0, 0.05) is 17.6 Å². The van der Waals surface area contributed by atoms with E-state index in [1.807, 2.05) is 10.9 Å². The zero-order valence-electron chi connectivity index (χ0n) is 9.68. The molecule has 0 aliphatic rings. The molecule has 0 aromatic carbocycles. The monoisotopic (exact) mass is 235 g/mol. The largest absolute Gasteiger partial charge is 0.375 e. The van der Waals surface area contributed by atoms with Gasteiger partial charge in [-0.1, -0.05) is 13.0 Å². The summed E-state index contributed by atoms with van der Waals surface area (Å²) < 4.78 is 1.93. The van der Waals surface area contributed by atoms with Gasteiger partial charge in [-0.2, -0.15) is 5.10 Å². The van der Waals surface area contributed by atoms with E-state index in [4.69, 9.17) is 0 Å². The minimum absolute atomic E-state index is 0.398. The van der Waals surface area contributed by atoms with Crippen molar-refractivity contribution < 1.29 is 0 Å². The van der Waals surface area contributed by atoms with Gasteiger partial charge in [-0.3, -0.25) is 4.68 Å². The standard InChI is InChI=1S/C12H17N3S/c1-3-11(12-6-5-7-16-12)14-10-8-13-15(4-2)9-10/h5-9,11,14H,3-4H2,1-2H3. The van der Waals surface area contributed by atoms with Gasteiger partial charge in [0.05, 0.1) is 17.9 Å². The molecule has 3 nitrogen and oxygen atoms in total. The summed E-state index contributed by atoms with van der Waals surface area (Å²) in [5, 5.41) is 9.89. The molecule has 1 unspecified atom stereocenters. The number of rotatable bonds is 5. The predicted molar refractivity (Wildman–Crippen MR) is 68.9 cm³/mol. The molecule has 2 rings (SSSR count). The van der Waals surface area contributed by atoms with E-state index in [-0.39, 0.29) is 0 Å². The fourth-order valence-electron chi connectivity index (χ4n) is 1.68. The topological polar surface area (TPSA) is 29.9 Å². The van der Waals surface area contributed by atoms with Gasteiger partial charge in [-0.05, 0) is 24.8 Å². The molecule has 0 bridgehead atoms. The van der Waals surface area contributed by atoms with Crippen LogP contribution in [0.3, 0.4) is 0 Å². The second kappa shape index (κ2) is 5.16. The lowest BCUT2D eigenvalue weighted by Gasteiger charge is -2.14. The van der Waals surface area contributed by atoms with Crippen LogP contribution in [0.25, 0.3) is 0 Å². The average Bonchev–Trinajstić information content (AvgIpc) is 2.96. The maximum absolute atomic E-state index is 4.26. The predicted octanol–water partition coefficient (Wildman–Crippen LogP) is 3.53. The zero-order chi connectivity index (χ0) is 11.4. The van der Waals surface area contributed by atoms with Crippen LogP contribution in [0.15, 0.2) is 29.9 Å². The number of hydrogen-bond acceptors (Lipinski definition) is 3. The number of aromatic nitrogens is 2. The van der Waals surface area contributed by atoms with E-state index in [2.05, 4.69) is 48.0 Å². The Kier molecular flexibility index (Phi) is 3.62. The molecule has 0 spiro atoms. The summed E-state index contributed by atoms with van der Waals surface area (Å²) in [5.41, 5.74) is 1.10. The van der Waals surface area contributed by atoms with Gasteiger partial charge >= 0.3 is 0 Å². The van der Waals surface area contributed by atoms with Crippen LogP contribution < -0.4 is 5.32 Å². The molecule has 4 heteroatoms. The normalized spacial score (nSPS) is 12.6. The molecule has 1 N–H and O–H groups in total. The number of hydrogen-bond donors (Lipinski definition) is 1. The van der Waals surface area contributed by atoms with Crippen LogP contribution in [-0.4, -0.2) is 9.78 Å². The molecule has 0 radical (unpaired) electrons. The summed E-state index contributed by atoms with van der Waals surface area (Å²) >= 11 is 1.80. The Morgan fingerprint density at radius 1 is 1.50 bits per heavy atom. The molecule has 0 aliphatic carbocycles. The van der Waals surface area contributed by atoms with E-state index in [9.17, 15) is 0 Å². The highest BCUT2D eigenvalue weighted by Crippen LogP contribution is 2.25. The van der Waals surface area contributed by atoms with Crippen molar-refractivity contribution in [2.75, 3.05) is 5.32 Å². The molecule has 16 heavy (non-hydrogen) atoms. The van der Waals surface area contributed by atoms with Gasteiger partial charge in [0.15, 0.2) is 0 Å². The number of thiophene rings is 1. The van der Waals surface area contributed by atoms with Crippen molar-refractivity contribution in [3.63, 3.8) is 0 Å². The maximum Gasteiger partial charge on any atom is 0.0731 e. The van der Waals surface area contributed by atoms with Crippen molar-refractivity contribution in [2.45, 2.75) is 32.9 Å². The van der Waals surface area contributed by atoms with Crippen LogP contribution in [0, 0.1) is 0 Å². The number of nitrogens with one attached hydrogen (secondary N) is 1. The molecule has 0 saturated carbocycles. The zero-order valence-corrected chi connectivity index (χ0v) is 10.5. The second-order valence-electron chi connectivity index (χ2n) is 3.71. The van der Waals surface area contributed by atoms with Crippen LogP contribution in [0.4, 0.5) is 5.69 Å². The van der Waals surface area contributed by atoms with Gasteiger partial charge < -0.3 is 5.32 Å². The Hall–Kier alpha value is -1.29. The van der Waals surface area contributed by atoms with Crippen LogP contribution in [0.1, 0.15) is 31.2 Å². The molecular weight excluding hydrogens is 218 g/mol. The number of aryl methyl sites for hydroxylation is 1. The quantitative estimate of drug-likeness (QED) is 0.859. The first-order valence-electron chi connectivity index (χ1n) is 5.65. The van der Waals surface area contributed by atoms with E-state index >= 15 is 0 Å². The van der Waals surface area contributed by atoms with E-state index in [1.165, 1.54) is 4.88 Å². The lowest BCUT2D eigenvalue weighted by Crippen LogP contribution is -2.07. The van der Waals surface area contributed by atoms with Gasteiger partial charge in [0.2, 0.25) is 0 Å². The molecule has 2 aromatic rings. The third-order valence-electron chi connectivity index (χ3n) is 2.59. The van der Waals surface area contributed by atoms with E-state index in [0.717, 1.165) is 18.7 Å². The molecule has 2 aromatic heterocycles. The van der Waals surface area contributed by atoms with E-state index in [1.54, 1.807) is 11.3 Å². The molecule has 0 amide bonds. The fraction of sp³-hybridized carbons (Fsp3) is 0.417. The minimum atomic E-state index is 0.398. The summed E-state index contributed by atoms with van der Waals surface area (Å²) in [4.78, 5) is 1.38. The third-order valence-corrected chi connectivity index (χ3v) is 3.58. The Morgan fingerprint density at radius 2 is 2.38 bits per heavy atom. The van der Waals surface area contributed by atoms with Crippen LogP contribution in [0.5, 0.6) is 0 Å². The Balaban J connectivity index is 2.07. The number of anilines is 1. The number of nitrogens with zero attached hydrogens (tertiary/aromatic N) is 2. The van der Waals surface area contributed by atoms with Gasteiger partial charge in [0.25, 0.3) is 0 Å². The summed E-state index contributed by atoms with van der Waals surface area (Å²) in [6.07, 6.45) is 5.02. The fourth-order valence-corrected chi connectivity index (χ4v) is 2.54. The van der Waals surface area contributed by atoms with E-state index < -0.39 is 0 Å². The Bertz CT molecular complexity index is 419. The molecule has 86 valence electrons. The van der Waals surface area contributed by atoms with E-state index in [0.29, 0.717) is 6.04 Å². The van der Waals surface area contributed by atoms with Crippen LogP contribution in [0.2, 0.25) is 0 Å². The second-order valence-corrected chi connectivity index (χ2v) is 4.68. The van der Waals surface area contributed by atoms with Crippen molar-refractivity contribution >= 4 is 17.0 Å². The van der Waals surface area contributed by atoms with Crippen molar-refractivity contribution in [2.24, 2.45) is 0 Å². The minimum Gasteiger partial charge on any atom is -0.375 e. The highest BCUT2D eigenvalue weighted by atomic mass is 32.1. The first-order chi connectivity index (χ1) is 7.83. The van der Waals surface area contributed by atoms with Crippen molar-refractivity contribution in [3.8, 4) is 0 Å². The molecule has 0 aliphatic heterocycles. The summed E-state index contributed by atoms with van der Waals surface area (Å²) in [6.45, 7) is 5.20. The van der Waals surface area contributed by atoms with Gasteiger partial charge in [-0.15, -0.1) is 11.3 Å². The molecule has 0 saturated heterocycles. The molecular formula is C12H17N3S. The Morgan fingerprint density at radius 3 is 2.94 bits per heavy atom. The van der Waals surface area contributed by atoms with Crippen molar-refractivity contribution in [1.29, 1.82) is 0 Å². The SMILES string of the molecule is CCC(Nc1cnn(CC)c1)c1cccs1.